The van der Waals surface area contributed by atoms with Crippen molar-refractivity contribution in [2.45, 2.75) is 32.1 Å². The molecule has 1 fully saturated rings. The second-order valence-electron chi connectivity index (χ2n) is 5.95. The van der Waals surface area contributed by atoms with E-state index in [-0.39, 0.29) is 5.75 Å². The molecule has 2 aromatic rings. The monoisotopic (exact) mass is 340 g/mol. The quantitative estimate of drug-likeness (QED) is 0.921. The van der Waals surface area contributed by atoms with E-state index >= 15 is 0 Å². The maximum Gasteiger partial charge on any atom is 0.214 e. The molecule has 0 aliphatic carbocycles. The van der Waals surface area contributed by atoms with Gasteiger partial charge in [-0.3, -0.25) is 0 Å². The van der Waals surface area contributed by atoms with Crippen molar-refractivity contribution in [1.29, 1.82) is 0 Å². The molecule has 1 aliphatic rings. The molecule has 1 saturated heterocycles. The van der Waals surface area contributed by atoms with Crippen LogP contribution in [0, 0.1) is 0 Å². The Balaban J connectivity index is 1.72. The van der Waals surface area contributed by atoms with Gasteiger partial charge in [0.2, 0.25) is 10.0 Å². The first-order valence-corrected chi connectivity index (χ1v) is 9.74. The second kappa shape index (κ2) is 6.22. The molecule has 2 heterocycles. The van der Waals surface area contributed by atoms with Crippen molar-refractivity contribution in [2.75, 3.05) is 18.8 Å². The van der Waals surface area contributed by atoms with E-state index in [9.17, 15) is 8.42 Å². The summed E-state index contributed by atoms with van der Waals surface area (Å²) >= 11 is 6.03. The molecule has 120 valence electrons. The minimum Gasteiger partial charge on any atom is -0.358 e. The van der Waals surface area contributed by atoms with E-state index in [1.165, 1.54) is 5.69 Å². The summed E-state index contributed by atoms with van der Waals surface area (Å²) in [6, 6.07) is 7.96. The fourth-order valence-electron chi connectivity index (χ4n) is 3.18. The van der Waals surface area contributed by atoms with E-state index in [4.69, 9.17) is 11.6 Å². The first kappa shape index (κ1) is 15.8. The molecule has 1 N–H and O–H groups in total. The Morgan fingerprint density at radius 1 is 1.27 bits per heavy atom. The van der Waals surface area contributed by atoms with Crippen molar-refractivity contribution in [2.24, 2.45) is 0 Å². The molecule has 1 aliphatic heterocycles. The third-order valence-corrected chi connectivity index (χ3v) is 6.66. The van der Waals surface area contributed by atoms with Gasteiger partial charge in [-0.05, 0) is 43.5 Å². The lowest BCUT2D eigenvalue weighted by Gasteiger charge is -2.30. The molecule has 22 heavy (non-hydrogen) atoms. The van der Waals surface area contributed by atoms with E-state index in [0.29, 0.717) is 25.4 Å². The highest BCUT2D eigenvalue weighted by Gasteiger charge is 2.28. The molecule has 1 aromatic heterocycles. The highest BCUT2D eigenvalue weighted by Crippen LogP contribution is 2.31. The average Bonchev–Trinajstić information content (AvgIpc) is 2.90. The summed E-state index contributed by atoms with van der Waals surface area (Å²) in [5.41, 5.74) is 2.27. The molecule has 4 nitrogen and oxygen atoms in total. The van der Waals surface area contributed by atoms with Crippen LogP contribution in [-0.2, 0) is 10.0 Å². The van der Waals surface area contributed by atoms with Crippen molar-refractivity contribution in [1.82, 2.24) is 9.29 Å². The van der Waals surface area contributed by atoms with Gasteiger partial charge in [-0.15, -0.1) is 0 Å². The normalized spacial score (nSPS) is 18.1. The van der Waals surface area contributed by atoms with Gasteiger partial charge in [0, 0.05) is 40.6 Å². The molecule has 0 bridgehead atoms. The summed E-state index contributed by atoms with van der Waals surface area (Å²) in [6.45, 7) is 3.13. The number of piperidine rings is 1. The molecule has 0 atom stereocenters. The van der Waals surface area contributed by atoms with Crippen LogP contribution in [0.5, 0.6) is 0 Å². The summed E-state index contributed by atoms with van der Waals surface area (Å²) in [5.74, 6) is 0.641. The lowest BCUT2D eigenvalue weighted by atomic mass is 9.95. The summed E-state index contributed by atoms with van der Waals surface area (Å²) in [6.07, 6.45) is 2.40. The zero-order valence-electron chi connectivity index (χ0n) is 12.7. The van der Waals surface area contributed by atoms with Crippen molar-refractivity contribution in [3.63, 3.8) is 0 Å². The molecular weight excluding hydrogens is 320 g/mol. The molecule has 0 saturated carbocycles. The largest absolute Gasteiger partial charge is 0.358 e. The Morgan fingerprint density at radius 3 is 2.68 bits per heavy atom. The van der Waals surface area contributed by atoms with Gasteiger partial charge in [-0.2, -0.15) is 0 Å². The second-order valence-corrected chi connectivity index (χ2v) is 8.47. The first-order chi connectivity index (χ1) is 10.5. The minimum absolute atomic E-state index is 0.253. The van der Waals surface area contributed by atoms with Gasteiger partial charge in [-0.25, -0.2) is 12.7 Å². The number of hydrogen-bond donors (Lipinski definition) is 1. The van der Waals surface area contributed by atoms with Gasteiger partial charge in [0.15, 0.2) is 0 Å². The van der Waals surface area contributed by atoms with Crippen LogP contribution in [-0.4, -0.2) is 36.5 Å². The van der Waals surface area contributed by atoms with Crippen LogP contribution in [0.4, 0.5) is 0 Å². The number of rotatable bonds is 4. The van der Waals surface area contributed by atoms with Gasteiger partial charge in [0.25, 0.3) is 0 Å². The van der Waals surface area contributed by atoms with Crippen LogP contribution >= 0.6 is 11.6 Å². The van der Waals surface area contributed by atoms with Crippen molar-refractivity contribution >= 4 is 32.5 Å². The number of nitrogens with one attached hydrogen (secondary N) is 1. The van der Waals surface area contributed by atoms with Crippen molar-refractivity contribution in [3.05, 3.63) is 35.0 Å². The number of hydrogen-bond acceptors (Lipinski definition) is 2. The predicted molar refractivity (Wildman–Crippen MR) is 90.9 cm³/mol. The fraction of sp³-hybridized carbons (Fsp3) is 0.500. The molecule has 0 spiro atoms. The summed E-state index contributed by atoms with van der Waals surface area (Å²) < 4.78 is 25.9. The highest BCUT2D eigenvalue weighted by atomic mass is 35.5. The van der Waals surface area contributed by atoms with Gasteiger partial charge < -0.3 is 4.98 Å². The number of sulfonamides is 1. The Morgan fingerprint density at radius 2 is 2.00 bits per heavy atom. The number of nitrogens with zero attached hydrogens (tertiary/aromatic N) is 1. The average molecular weight is 341 g/mol. The van der Waals surface area contributed by atoms with Crippen LogP contribution < -0.4 is 0 Å². The Kier molecular flexibility index (Phi) is 4.48. The van der Waals surface area contributed by atoms with E-state index in [1.54, 1.807) is 4.31 Å². The lowest BCUT2D eigenvalue weighted by molar-refractivity contribution is 0.317. The van der Waals surface area contributed by atoms with E-state index in [2.05, 4.69) is 11.1 Å². The fourth-order valence-corrected chi connectivity index (χ4v) is 4.90. The predicted octanol–water partition coefficient (Wildman–Crippen LogP) is 3.74. The SMILES string of the molecule is CCCS(=O)(=O)N1CCC(c2cc3cc(Cl)ccc3[nH]2)CC1. The zero-order chi connectivity index (χ0) is 15.7. The van der Waals surface area contributed by atoms with Gasteiger partial charge in [0.1, 0.15) is 0 Å². The third-order valence-electron chi connectivity index (χ3n) is 4.35. The topological polar surface area (TPSA) is 53.2 Å². The highest BCUT2D eigenvalue weighted by molar-refractivity contribution is 7.89. The molecular formula is C16H21ClN2O2S. The van der Waals surface area contributed by atoms with Gasteiger partial charge in [-0.1, -0.05) is 18.5 Å². The van der Waals surface area contributed by atoms with Crippen LogP contribution in [0.2, 0.25) is 5.02 Å². The van der Waals surface area contributed by atoms with Crippen LogP contribution in [0.25, 0.3) is 10.9 Å². The van der Waals surface area contributed by atoms with E-state index in [1.807, 2.05) is 25.1 Å². The Labute approximate surface area is 136 Å². The molecule has 6 heteroatoms. The summed E-state index contributed by atoms with van der Waals surface area (Å²) in [4.78, 5) is 3.44. The maximum absolute atomic E-state index is 12.1. The summed E-state index contributed by atoms with van der Waals surface area (Å²) in [7, 11) is -3.06. The Hall–Kier alpha value is -1.04. The third kappa shape index (κ3) is 3.16. The zero-order valence-corrected chi connectivity index (χ0v) is 14.3. The van der Waals surface area contributed by atoms with Crippen LogP contribution in [0.15, 0.2) is 24.3 Å². The number of H-pyrrole nitrogens is 1. The standard InChI is InChI=1S/C16H21ClN2O2S/c1-2-9-22(20,21)19-7-5-12(6-8-19)16-11-13-10-14(17)3-4-15(13)18-16/h3-4,10-12,18H,2,5-9H2,1H3. The number of halogens is 1. The smallest absolute Gasteiger partial charge is 0.214 e. The molecule has 0 radical (unpaired) electrons. The van der Waals surface area contributed by atoms with Crippen molar-refractivity contribution in [3.8, 4) is 0 Å². The van der Waals surface area contributed by atoms with Gasteiger partial charge >= 0.3 is 0 Å². The number of aromatic amines is 1. The minimum atomic E-state index is -3.06. The number of benzene rings is 1. The lowest BCUT2D eigenvalue weighted by Crippen LogP contribution is -2.39. The summed E-state index contributed by atoms with van der Waals surface area (Å²) in [5, 5.41) is 1.85. The van der Waals surface area contributed by atoms with E-state index < -0.39 is 10.0 Å². The number of aromatic nitrogens is 1. The molecule has 0 amide bonds. The number of fused-ring (bicyclic) bond motifs is 1. The molecule has 3 rings (SSSR count). The first-order valence-electron chi connectivity index (χ1n) is 7.75. The van der Waals surface area contributed by atoms with E-state index in [0.717, 1.165) is 28.8 Å². The Bertz CT molecular complexity index is 762. The molecule has 0 unspecified atom stereocenters. The van der Waals surface area contributed by atoms with Gasteiger partial charge in [0.05, 0.1) is 5.75 Å². The maximum atomic E-state index is 12.1. The molecule has 1 aromatic carbocycles. The van der Waals surface area contributed by atoms with Crippen LogP contribution in [0.1, 0.15) is 37.8 Å². The van der Waals surface area contributed by atoms with Crippen molar-refractivity contribution < 1.29 is 8.42 Å². The van der Waals surface area contributed by atoms with Crippen LogP contribution in [0.3, 0.4) is 0 Å².